The van der Waals surface area contributed by atoms with Gasteiger partial charge in [-0.05, 0) is 42.3 Å². The van der Waals surface area contributed by atoms with E-state index in [1.54, 1.807) is 30.3 Å². The van der Waals surface area contributed by atoms with Crippen LogP contribution in [-0.4, -0.2) is 16.3 Å². The average Bonchev–Trinajstić information content (AvgIpc) is 2.94. The maximum Gasteiger partial charge on any atom is 0.416 e. The Balaban J connectivity index is 1.72. The molecule has 1 heterocycles. The Morgan fingerprint density at radius 3 is 2.58 bits per heavy atom. The highest BCUT2D eigenvalue weighted by Gasteiger charge is 2.33. The average molecular weight is 375 g/mol. The Kier molecular flexibility index (Phi) is 5.00. The van der Waals surface area contributed by atoms with E-state index in [-0.39, 0.29) is 12.3 Å². The molecule has 0 spiro atoms. The molecule has 0 bridgehead atoms. The van der Waals surface area contributed by atoms with Crippen molar-refractivity contribution in [3.8, 4) is 6.07 Å². The molecule has 1 amide bonds. The summed E-state index contributed by atoms with van der Waals surface area (Å²) in [5, 5.41) is 11.2. The van der Waals surface area contributed by atoms with Crippen LogP contribution in [0.1, 0.15) is 16.7 Å². The van der Waals surface area contributed by atoms with Gasteiger partial charge in [-0.15, -0.1) is 0 Å². The highest BCUT2D eigenvalue weighted by molar-refractivity contribution is 8.15. The van der Waals surface area contributed by atoms with Crippen LogP contribution < -0.4 is 5.32 Å². The first-order valence-corrected chi connectivity index (χ1v) is 8.45. The van der Waals surface area contributed by atoms with E-state index >= 15 is 0 Å². The first-order chi connectivity index (χ1) is 12.3. The number of amidine groups is 1. The van der Waals surface area contributed by atoms with E-state index < -0.39 is 17.0 Å². The lowest BCUT2D eigenvalue weighted by Gasteiger charge is -2.10. The number of nitrogens with zero attached hydrogens (tertiary/aromatic N) is 2. The van der Waals surface area contributed by atoms with Gasteiger partial charge in [-0.1, -0.05) is 30.0 Å². The normalized spacial score (nSPS) is 18.6. The van der Waals surface area contributed by atoms with Crippen molar-refractivity contribution in [3.63, 3.8) is 0 Å². The molecule has 0 radical (unpaired) electrons. The van der Waals surface area contributed by atoms with Crippen LogP contribution in [-0.2, 0) is 17.4 Å². The van der Waals surface area contributed by atoms with Crippen molar-refractivity contribution in [1.82, 2.24) is 5.32 Å². The summed E-state index contributed by atoms with van der Waals surface area (Å²) in [5.41, 5.74) is 0.781. The number of aliphatic imine (C=N–C) groups is 1. The van der Waals surface area contributed by atoms with Gasteiger partial charge in [0.05, 0.1) is 28.1 Å². The molecule has 2 aromatic rings. The molecule has 1 aliphatic rings. The fourth-order valence-corrected chi connectivity index (χ4v) is 3.44. The topological polar surface area (TPSA) is 65.2 Å². The van der Waals surface area contributed by atoms with E-state index in [9.17, 15) is 18.0 Å². The minimum Gasteiger partial charge on any atom is -0.304 e. The summed E-state index contributed by atoms with van der Waals surface area (Å²) in [5.74, 6) is -0.292. The molecule has 3 rings (SSSR count). The number of amides is 1. The van der Waals surface area contributed by atoms with Gasteiger partial charge < -0.3 is 5.32 Å². The number of carbonyl (C=O) groups excluding carboxylic acids is 1. The summed E-state index contributed by atoms with van der Waals surface area (Å²) >= 11 is 1.17. The van der Waals surface area contributed by atoms with Gasteiger partial charge in [0.15, 0.2) is 5.17 Å². The Morgan fingerprint density at radius 1 is 1.19 bits per heavy atom. The predicted octanol–water partition coefficient (Wildman–Crippen LogP) is 4.04. The summed E-state index contributed by atoms with van der Waals surface area (Å²) in [6.07, 6.45) is -4.24. The molecule has 0 aromatic heterocycles. The molecule has 1 aliphatic heterocycles. The van der Waals surface area contributed by atoms with E-state index in [0.29, 0.717) is 22.0 Å². The Morgan fingerprint density at radius 2 is 1.92 bits per heavy atom. The Labute approximate surface area is 151 Å². The molecule has 8 heteroatoms. The monoisotopic (exact) mass is 375 g/mol. The zero-order chi connectivity index (χ0) is 18.7. The number of nitrogens with one attached hydrogen (secondary N) is 1. The quantitative estimate of drug-likeness (QED) is 0.881. The van der Waals surface area contributed by atoms with Crippen molar-refractivity contribution in [2.45, 2.75) is 17.8 Å². The molecule has 1 unspecified atom stereocenters. The molecule has 1 saturated heterocycles. The highest BCUT2D eigenvalue weighted by Crippen LogP contribution is 2.31. The largest absolute Gasteiger partial charge is 0.416 e. The second-order valence-electron chi connectivity index (χ2n) is 5.57. The van der Waals surface area contributed by atoms with Gasteiger partial charge in [0.25, 0.3) is 0 Å². The van der Waals surface area contributed by atoms with Crippen LogP contribution in [0.2, 0.25) is 0 Å². The Hall–Kier alpha value is -2.79. The molecule has 2 aromatic carbocycles. The van der Waals surface area contributed by atoms with Crippen LogP contribution in [0.3, 0.4) is 0 Å². The molecule has 0 saturated carbocycles. The number of hydrogen-bond donors (Lipinski definition) is 1. The van der Waals surface area contributed by atoms with Crippen molar-refractivity contribution in [1.29, 1.82) is 5.26 Å². The minimum absolute atomic E-state index is 0.173. The summed E-state index contributed by atoms with van der Waals surface area (Å²) < 4.78 is 38.4. The molecule has 0 aliphatic carbocycles. The third-order valence-electron chi connectivity index (χ3n) is 3.68. The third kappa shape index (κ3) is 4.24. The fraction of sp³-hybridized carbons (Fsp3) is 0.167. The van der Waals surface area contributed by atoms with Gasteiger partial charge in [-0.25, -0.2) is 4.99 Å². The lowest BCUT2D eigenvalue weighted by Crippen LogP contribution is -2.26. The van der Waals surface area contributed by atoms with Gasteiger partial charge in [-0.3, -0.25) is 4.79 Å². The number of carbonyl (C=O) groups is 1. The number of rotatable bonds is 3. The van der Waals surface area contributed by atoms with E-state index in [1.165, 1.54) is 17.8 Å². The van der Waals surface area contributed by atoms with Gasteiger partial charge in [-0.2, -0.15) is 18.4 Å². The van der Waals surface area contributed by atoms with Crippen LogP contribution in [0, 0.1) is 11.3 Å². The standard InChI is InChI=1S/C18H12F3N3OS/c19-18(20,21)13-3-1-2-12(8-13)9-15-16(25)24-17(26-15)23-14-6-4-11(10-22)5-7-14/h1-8,15H,9H2,(H,23,24,25). The summed E-state index contributed by atoms with van der Waals surface area (Å²) in [4.78, 5) is 16.4. The van der Waals surface area contributed by atoms with E-state index in [2.05, 4.69) is 10.3 Å². The summed E-state index contributed by atoms with van der Waals surface area (Å²) in [6.45, 7) is 0. The van der Waals surface area contributed by atoms with Crippen molar-refractivity contribution < 1.29 is 18.0 Å². The van der Waals surface area contributed by atoms with Crippen LogP contribution in [0.4, 0.5) is 18.9 Å². The first-order valence-electron chi connectivity index (χ1n) is 7.57. The van der Waals surface area contributed by atoms with Crippen molar-refractivity contribution in [2.75, 3.05) is 0 Å². The van der Waals surface area contributed by atoms with Crippen LogP contribution >= 0.6 is 11.8 Å². The molecule has 4 nitrogen and oxygen atoms in total. The molecule has 1 N–H and O–H groups in total. The number of benzene rings is 2. The lowest BCUT2D eigenvalue weighted by molar-refractivity contribution is -0.137. The van der Waals surface area contributed by atoms with E-state index in [1.807, 2.05) is 6.07 Å². The molecule has 26 heavy (non-hydrogen) atoms. The third-order valence-corrected chi connectivity index (χ3v) is 4.76. The zero-order valence-corrected chi connectivity index (χ0v) is 14.1. The summed E-state index contributed by atoms with van der Waals surface area (Å²) in [7, 11) is 0. The van der Waals surface area contributed by atoms with Gasteiger partial charge in [0.2, 0.25) is 5.91 Å². The zero-order valence-electron chi connectivity index (χ0n) is 13.2. The van der Waals surface area contributed by atoms with Gasteiger partial charge in [0.1, 0.15) is 0 Å². The smallest absolute Gasteiger partial charge is 0.304 e. The predicted molar refractivity (Wildman–Crippen MR) is 92.9 cm³/mol. The molecule has 132 valence electrons. The maximum atomic E-state index is 12.8. The van der Waals surface area contributed by atoms with Gasteiger partial charge >= 0.3 is 6.18 Å². The maximum absolute atomic E-state index is 12.8. The Bertz CT molecular complexity index is 901. The number of alkyl halides is 3. The SMILES string of the molecule is N#Cc1ccc(N=C2NC(=O)C(Cc3cccc(C(F)(F)F)c3)S2)cc1. The second kappa shape index (κ2) is 7.22. The van der Waals surface area contributed by atoms with E-state index in [0.717, 1.165) is 12.1 Å². The number of thioether (sulfide) groups is 1. The minimum atomic E-state index is -4.41. The molecule has 1 fully saturated rings. The van der Waals surface area contributed by atoms with Crippen LogP contribution in [0.5, 0.6) is 0 Å². The van der Waals surface area contributed by atoms with Crippen LogP contribution in [0.15, 0.2) is 53.5 Å². The highest BCUT2D eigenvalue weighted by atomic mass is 32.2. The summed E-state index contributed by atoms with van der Waals surface area (Å²) in [6, 6.07) is 13.5. The van der Waals surface area contributed by atoms with Gasteiger partial charge in [0, 0.05) is 0 Å². The number of nitriles is 1. The number of hydrogen-bond acceptors (Lipinski definition) is 4. The van der Waals surface area contributed by atoms with Crippen molar-refractivity contribution in [2.24, 2.45) is 4.99 Å². The molecule has 1 atom stereocenters. The van der Waals surface area contributed by atoms with Crippen LogP contribution in [0.25, 0.3) is 0 Å². The molecular weight excluding hydrogens is 363 g/mol. The van der Waals surface area contributed by atoms with Crippen molar-refractivity contribution >= 4 is 28.5 Å². The van der Waals surface area contributed by atoms with Crippen molar-refractivity contribution in [3.05, 3.63) is 65.2 Å². The lowest BCUT2D eigenvalue weighted by atomic mass is 10.1. The second-order valence-corrected chi connectivity index (χ2v) is 6.77. The fourth-order valence-electron chi connectivity index (χ4n) is 2.41. The van der Waals surface area contributed by atoms with E-state index in [4.69, 9.17) is 5.26 Å². The first kappa shape index (κ1) is 18.0. The molecular formula is C18H12F3N3OS. The number of halogens is 3.